The topological polar surface area (TPSA) is 61.9 Å². The van der Waals surface area contributed by atoms with Gasteiger partial charge in [-0.05, 0) is 61.0 Å². The third-order valence-corrected chi connectivity index (χ3v) is 6.79. The Bertz CT molecular complexity index is 1100. The summed E-state index contributed by atoms with van der Waals surface area (Å²) in [5.74, 6) is -0.500. The number of hydrogen-bond donors (Lipinski definition) is 1. The quantitative estimate of drug-likeness (QED) is 0.430. The minimum atomic E-state index is -0.337. The van der Waals surface area contributed by atoms with Crippen molar-refractivity contribution in [1.29, 1.82) is 0 Å². The highest BCUT2D eigenvalue weighted by atomic mass is 32.1. The lowest BCUT2D eigenvalue weighted by Crippen LogP contribution is -2.46. The average Bonchev–Trinajstić information content (AvgIpc) is 3.55. The number of ether oxygens (including phenoxy) is 1. The van der Waals surface area contributed by atoms with Crippen molar-refractivity contribution < 1.29 is 18.7 Å². The summed E-state index contributed by atoms with van der Waals surface area (Å²) in [6.45, 7) is 3.65. The first-order valence-corrected chi connectivity index (χ1v) is 12.6. The van der Waals surface area contributed by atoms with E-state index in [1.54, 1.807) is 28.4 Å². The second-order valence-electron chi connectivity index (χ2n) is 8.77. The highest BCUT2D eigenvalue weighted by Crippen LogP contribution is 2.18. The number of halogens is 1. The van der Waals surface area contributed by atoms with E-state index in [-0.39, 0.29) is 30.4 Å². The number of rotatable bonds is 9. The first-order valence-electron chi connectivity index (χ1n) is 11.7. The first kappa shape index (κ1) is 24.9. The van der Waals surface area contributed by atoms with Crippen molar-refractivity contribution in [2.45, 2.75) is 39.0 Å². The van der Waals surface area contributed by atoms with Crippen LogP contribution in [-0.2, 0) is 22.6 Å². The van der Waals surface area contributed by atoms with Gasteiger partial charge < -0.3 is 19.9 Å². The Morgan fingerprint density at radius 1 is 1.06 bits per heavy atom. The summed E-state index contributed by atoms with van der Waals surface area (Å²) >= 11 is 1.57. The molecule has 1 unspecified atom stereocenters. The van der Waals surface area contributed by atoms with E-state index in [1.807, 2.05) is 48.7 Å². The highest BCUT2D eigenvalue weighted by Gasteiger charge is 2.27. The van der Waals surface area contributed by atoms with Gasteiger partial charge in [0.15, 0.2) is 0 Å². The Morgan fingerprint density at radius 3 is 2.49 bits per heavy atom. The van der Waals surface area contributed by atoms with Gasteiger partial charge in [-0.15, -0.1) is 11.3 Å². The number of benzene rings is 2. The molecule has 0 bridgehead atoms. The molecule has 0 aliphatic carbocycles. The lowest BCUT2D eigenvalue weighted by atomic mass is 10.2. The molecule has 1 aromatic heterocycles. The smallest absolute Gasteiger partial charge is 0.322 e. The molecule has 1 saturated heterocycles. The Hall–Kier alpha value is -3.23. The van der Waals surface area contributed by atoms with Crippen LogP contribution in [-0.4, -0.2) is 47.5 Å². The van der Waals surface area contributed by atoms with E-state index in [0.717, 1.165) is 28.8 Å². The minimum absolute atomic E-state index is 0.0792. The number of carbonyl (C=O) groups excluding carboxylic acids is 2. The van der Waals surface area contributed by atoms with E-state index in [4.69, 9.17) is 4.74 Å². The summed E-state index contributed by atoms with van der Waals surface area (Å²) in [6, 6.07) is 17.3. The molecule has 3 amide bonds. The van der Waals surface area contributed by atoms with Gasteiger partial charge in [-0.1, -0.05) is 35.9 Å². The maximum absolute atomic E-state index is 13.5. The second-order valence-corrected chi connectivity index (χ2v) is 9.80. The second kappa shape index (κ2) is 12.0. The first-order chi connectivity index (χ1) is 17.0. The third-order valence-electron chi connectivity index (χ3n) is 5.93. The standard InChI is InChI=1S/C27H30FN3O3S/c1-20-6-12-23(13-7-20)29-27(33)31(17-24-4-2-14-34-24)19-26(32)30(18-25-5-3-15-35-25)16-21-8-10-22(28)11-9-21/h3,5-13,15,24H,2,4,14,16-19H2,1H3,(H,29,33). The number of anilines is 1. The fourth-order valence-corrected chi connectivity index (χ4v) is 4.71. The van der Waals surface area contributed by atoms with Crippen molar-refractivity contribution in [3.05, 3.63) is 87.9 Å². The molecule has 35 heavy (non-hydrogen) atoms. The molecule has 184 valence electrons. The number of hydrogen-bond acceptors (Lipinski definition) is 4. The molecule has 2 heterocycles. The number of carbonyl (C=O) groups is 2. The van der Waals surface area contributed by atoms with Crippen LogP contribution in [0.15, 0.2) is 66.0 Å². The Balaban J connectivity index is 1.50. The van der Waals surface area contributed by atoms with Gasteiger partial charge in [-0.3, -0.25) is 4.79 Å². The van der Waals surface area contributed by atoms with Gasteiger partial charge in [0, 0.05) is 30.3 Å². The summed E-state index contributed by atoms with van der Waals surface area (Å²) < 4.78 is 19.2. The van der Waals surface area contributed by atoms with E-state index in [2.05, 4.69) is 5.32 Å². The molecule has 1 aliphatic rings. The number of aryl methyl sites for hydroxylation is 1. The zero-order valence-corrected chi connectivity index (χ0v) is 20.6. The minimum Gasteiger partial charge on any atom is -0.376 e. The number of nitrogens with zero attached hydrogens (tertiary/aromatic N) is 2. The van der Waals surface area contributed by atoms with E-state index < -0.39 is 0 Å². The number of amides is 3. The van der Waals surface area contributed by atoms with E-state index >= 15 is 0 Å². The molecule has 0 saturated carbocycles. The van der Waals surface area contributed by atoms with Crippen molar-refractivity contribution in [1.82, 2.24) is 9.80 Å². The van der Waals surface area contributed by atoms with Crippen LogP contribution in [0.4, 0.5) is 14.9 Å². The zero-order chi connectivity index (χ0) is 24.6. The summed E-state index contributed by atoms with van der Waals surface area (Å²) in [5, 5.41) is 4.88. The van der Waals surface area contributed by atoms with Crippen LogP contribution in [0.25, 0.3) is 0 Å². The van der Waals surface area contributed by atoms with Gasteiger partial charge in [-0.25, -0.2) is 9.18 Å². The molecule has 3 aromatic rings. The average molecular weight is 496 g/mol. The third kappa shape index (κ3) is 7.37. The van der Waals surface area contributed by atoms with Gasteiger partial charge >= 0.3 is 6.03 Å². The molecule has 1 atom stereocenters. The van der Waals surface area contributed by atoms with Crippen molar-refractivity contribution in [3.63, 3.8) is 0 Å². The summed E-state index contributed by atoms with van der Waals surface area (Å²) in [5.41, 5.74) is 2.60. The van der Waals surface area contributed by atoms with Gasteiger partial charge in [0.25, 0.3) is 0 Å². The summed E-state index contributed by atoms with van der Waals surface area (Å²) in [6.07, 6.45) is 1.72. The Morgan fingerprint density at radius 2 is 1.83 bits per heavy atom. The van der Waals surface area contributed by atoms with Gasteiger partial charge in [0.1, 0.15) is 12.4 Å². The molecule has 4 rings (SSSR count). The van der Waals surface area contributed by atoms with E-state index in [1.165, 1.54) is 17.0 Å². The molecule has 1 aliphatic heterocycles. The molecular weight excluding hydrogens is 465 g/mol. The molecule has 6 nitrogen and oxygen atoms in total. The number of urea groups is 1. The Kier molecular flexibility index (Phi) is 8.50. The van der Waals surface area contributed by atoms with Crippen molar-refractivity contribution in [3.8, 4) is 0 Å². The normalized spacial score (nSPS) is 15.1. The SMILES string of the molecule is Cc1ccc(NC(=O)N(CC(=O)N(Cc2ccc(F)cc2)Cc2cccs2)CC2CCCO2)cc1. The molecule has 0 spiro atoms. The van der Waals surface area contributed by atoms with Crippen LogP contribution in [0.1, 0.15) is 28.8 Å². The maximum Gasteiger partial charge on any atom is 0.322 e. The Labute approximate surface area is 209 Å². The summed E-state index contributed by atoms with van der Waals surface area (Å²) in [4.78, 5) is 31.0. The van der Waals surface area contributed by atoms with Crippen LogP contribution < -0.4 is 5.32 Å². The van der Waals surface area contributed by atoms with Gasteiger partial charge in [0.05, 0.1) is 12.6 Å². The predicted molar refractivity (Wildman–Crippen MR) is 136 cm³/mol. The lowest BCUT2D eigenvalue weighted by molar-refractivity contribution is -0.133. The number of nitrogens with one attached hydrogen (secondary N) is 1. The van der Waals surface area contributed by atoms with E-state index in [9.17, 15) is 14.0 Å². The number of thiophene rings is 1. The van der Waals surface area contributed by atoms with Crippen LogP contribution in [0, 0.1) is 12.7 Å². The summed E-state index contributed by atoms with van der Waals surface area (Å²) in [7, 11) is 0. The van der Waals surface area contributed by atoms with Crippen molar-refractivity contribution >= 4 is 29.0 Å². The molecular formula is C27H30FN3O3S. The highest BCUT2D eigenvalue weighted by molar-refractivity contribution is 7.09. The van der Waals surface area contributed by atoms with Crippen LogP contribution in [0.5, 0.6) is 0 Å². The predicted octanol–water partition coefficient (Wildman–Crippen LogP) is 5.44. The lowest BCUT2D eigenvalue weighted by Gasteiger charge is -2.29. The van der Waals surface area contributed by atoms with Crippen molar-refractivity contribution in [2.75, 3.05) is 25.0 Å². The van der Waals surface area contributed by atoms with Gasteiger partial charge in [-0.2, -0.15) is 0 Å². The molecule has 1 N–H and O–H groups in total. The van der Waals surface area contributed by atoms with Crippen LogP contribution in [0.3, 0.4) is 0 Å². The largest absolute Gasteiger partial charge is 0.376 e. The van der Waals surface area contributed by atoms with Gasteiger partial charge in [0.2, 0.25) is 5.91 Å². The monoisotopic (exact) mass is 495 g/mol. The molecule has 1 fully saturated rings. The molecule has 0 radical (unpaired) electrons. The molecule has 2 aromatic carbocycles. The van der Waals surface area contributed by atoms with Crippen molar-refractivity contribution in [2.24, 2.45) is 0 Å². The fourth-order valence-electron chi connectivity index (χ4n) is 3.99. The van der Waals surface area contributed by atoms with E-state index in [0.29, 0.717) is 31.9 Å². The van der Waals surface area contributed by atoms with Crippen LogP contribution in [0.2, 0.25) is 0 Å². The zero-order valence-electron chi connectivity index (χ0n) is 19.8. The maximum atomic E-state index is 13.5. The fraction of sp³-hybridized carbons (Fsp3) is 0.333. The molecule has 8 heteroatoms. The van der Waals surface area contributed by atoms with Crippen LogP contribution >= 0.6 is 11.3 Å².